The Hall–Kier alpha value is -0.340. The van der Waals surface area contributed by atoms with Crippen LogP contribution in [0.4, 0.5) is 0 Å². The van der Waals surface area contributed by atoms with E-state index in [0.29, 0.717) is 0 Å². The van der Waals surface area contributed by atoms with E-state index in [9.17, 15) is 0 Å². The number of allylic oxidation sites excluding steroid dienone is 1. The van der Waals surface area contributed by atoms with Gasteiger partial charge in [0.15, 0.2) is 0 Å². The third kappa shape index (κ3) is 9.75. The molecule has 0 aromatic carbocycles. The maximum absolute atomic E-state index is 9.11. The molecule has 14 heavy (non-hydrogen) atoms. The van der Waals surface area contributed by atoms with Gasteiger partial charge in [-0.15, -0.1) is 6.58 Å². The van der Waals surface area contributed by atoms with Crippen LogP contribution >= 0.6 is 0 Å². The van der Waals surface area contributed by atoms with Crippen LogP contribution in [0.25, 0.3) is 0 Å². The average molecular weight is 199 g/mol. The van der Waals surface area contributed by atoms with Crippen molar-refractivity contribution in [3.8, 4) is 0 Å². The first-order valence-electron chi connectivity index (χ1n) is 5.64. The Morgan fingerprint density at radius 3 is 2.57 bits per heavy atom. The van der Waals surface area contributed by atoms with Crippen molar-refractivity contribution in [2.24, 2.45) is 0 Å². The monoisotopic (exact) mass is 199 g/mol. The minimum atomic E-state index is -0.168. The Kier molecular flexibility index (Phi) is 9.00. The summed E-state index contributed by atoms with van der Waals surface area (Å²) < 4.78 is 0. The molecule has 0 aliphatic carbocycles. The lowest BCUT2D eigenvalue weighted by molar-refractivity contribution is 0.164. The molecule has 0 saturated carbocycles. The molecular weight excluding hydrogens is 174 g/mol. The summed E-state index contributed by atoms with van der Waals surface area (Å²) in [6, 6.07) is 0. The Labute approximate surface area is 88.6 Å². The lowest BCUT2D eigenvalue weighted by atomic mass is 10.2. The average Bonchev–Trinajstić information content (AvgIpc) is 2.14. The van der Waals surface area contributed by atoms with Gasteiger partial charge in [-0.1, -0.05) is 12.5 Å². The van der Waals surface area contributed by atoms with Crippen LogP contribution < -0.4 is 0 Å². The molecule has 0 radical (unpaired) electrons. The number of aliphatic hydroxyl groups excluding tert-OH is 1. The Morgan fingerprint density at radius 1 is 1.29 bits per heavy atom. The highest BCUT2D eigenvalue weighted by molar-refractivity contribution is 4.65. The minimum Gasteiger partial charge on any atom is -0.393 e. The molecule has 1 atom stereocenters. The molecule has 0 heterocycles. The molecule has 0 saturated heterocycles. The standard InChI is InChI=1S/C12H25NO/c1-4-5-6-7-8-10-13(3)11-9-12(2)14/h4,12,14H,1,5-11H2,2-3H3. The van der Waals surface area contributed by atoms with Crippen molar-refractivity contribution in [1.29, 1.82) is 0 Å². The largest absolute Gasteiger partial charge is 0.393 e. The van der Waals surface area contributed by atoms with Gasteiger partial charge in [0.05, 0.1) is 6.10 Å². The molecule has 0 aliphatic rings. The zero-order valence-corrected chi connectivity index (χ0v) is 9.71. The fourth-order valence-electron chi connectivity index (χ4n) is 1.37. The van der Waals surface area contributed by atoms with Gasteiger partial charge < -0.3 is 10.0 Å². The Bertz CT molecular complexity index is 134. The van der Waals surface area contributed by atoms with Crippen molar-refractivity contribution in [3.63, 3.8) is 0 Å². The van der Waals surface area contributed by atoms with Crippen molar-refractivity contribution in [3.05, 3.63) is 12.7 Å². The van der Waals surface area contributed by atoms with E-state index in [0.717, 1.165) is 25.9 Å². The summed E-state index contributed by atoms with van der Waals surface area (Å²) in [5.41, 5.74) is 0. The van der Waals surface area contributed by atoms with Crippen molar-refractivity contribution in [1.82, 2.24) is 4.90 Å². The number of rotatable bonds is 9. The van der Waals surface area contributed by atoms with Gasteiger partial charge in [0, 0.05) is 6.54 Å². The number of unbranched alkanes of at least 4 members (excludes halogenated alkanes) is 3. The number of aliphatic hydroxyl groups is 1. The molecule has 0 rings (SSSR count). The molecule has 0 amide bonds. The number of hydrogen-bond acceptors (Lipinski definition) is 2. The highest BCUT2D eigenvalue weighted by Gasteiger charge is 2.00. The molecule has 0 aromatic rings. The summed E-state index contributed by atoms with van der Waals surface area (Å²) in [5, 5.41) is 9.11. The van der Waals surface area contributed by atoms with Gasteiger partial charge in [0.1, 0.15) is 0 Å². The minimum absolute atomic E-state index is 0.168. The SMILES string of the molecule is C=CCCCCCN(C)CCC(C)O. The summed E-state index contributed by atoms with van der Waals surface area (Å²) in [7, 11) is 2.12. The smallest absolute Gasteiger partial charge is 0.0524 e. The summed E-state index contributed by atoms with van der Waals surface area (Å²) >= 11 is 0. The van der Waals surface area contributed by atoms with E-state index in [1.165, 1.54) is 19.3 Å². The topological polar surface area (TPSA) is 23.5 Å². The molecule has 2 heteroatoms. The van der Waals surface area contributed by atoms with E-state index in [-0.39, 0.29) is 6.10 Å². The van der Waals surface area contributed by atoms with Crippen molar-refractivity contribution in [2.75, 3.05) is 20.1 Å². The van der Waals surface area contributed by atoms with Crippen molar-refractivity contribution in [2.45, 2.75) is 45.1 Å². The summed E-state index contributed by atoms with van der Waals surface area (Å²) in [5.74, 6) is 0. The van der Waals surface area contributed by atoms with Gasteiger partial charge in [-0.2, -0.15) is 0 Å². The summed E-state index contributed by atoms with van der Waals surface area (Å²) in [6.07, 6.45) is 7.62. The number of nitrogens with zero attached hydrogens (tertiary/aromatic N) is 1. The van der Waals surface area contributed by atoms with E-state index < -0.39 is 0 Å². The normalized spacial score (nSPS) is 13.1. The summed E-state index contributed by atoms with van der Waals surface area (Å²) in [6.45, 7) is 7.69. The van der Waals surface area contributed by atoms with E-state index >= 15 is 0 Å². The third-order valence-corrected chi connectivity index (χ3v) is 2.38. The van der Waals surface area contributed by atoms with E-state index in [1.807, 2.05) is 13.0 Å². The first kappa shape index (κ1) is 13.7. The first-order valence-corrected chi connectivity index (χ1v) is 5.64. The highest BCUT2D eigenvalue weighted by atomic mass is 16.3. The van der Waals surface area contributed by atoms with Gasteiger partial charge >= 0.3 is 0 Å². The van der Waals surface area contributed by atoms with Crippen LogP contribution in [0.1, 0.15) is 39.0 Å². The molecule has 0 aromatic heterocycles. The third-order valence-electron chi connectivity index (χ3n) is 2.38. The van der Waals surface area contributed by atoms with Crippen LogP contribution in [0.2, 0.25) is 0 Å². The quantitative estimate of drug-likeness (QED) is 0.455. The molecule has 0 aliphatic heterocycles. The second-order valence-corrected chi connectivity index (χ2v) is 4.08. The predicted molar refractivity (Wildman–Crippen MR) is 62.5 cm³/mol. The van der Waals surface area contributed by atoms with Crippen LogP contribution in [-0.2, 0) is 0 Å². The zero-order valence-electron chi connectivity index (χ0n) is 9.71. The predicted octanol–water partition coefficient (Wildman–Crippen LogP) is 2.44. The van der Waals surface area contributed by atoms with E-state index in [1.54, 1.807) is 0 Å². The Balaban J connectivity index is 3.17. The lowest BCUT2D eigenvalue weighted by Crippen LogP contribution is -2.23. The number of hydrogen-bond donors (Lipinski definition) is 1. The maximum atomic E-state index is 9.11. The maximum Gasteiger partial charge on any atom is 0.0524 e. The molecule has 2 nitrogen and oxygen atoms in total. The second-order valence-electron chi connectivity index (χ2n) is 4.08. The van der Waals surface area contributed by atoms with Crippen LogP contribution in [0.15, 0.2) is 12.7 Å². The molecular formula is C12H25NO. The van der Waals surface area contributed by atoms with Crippen LogP contribution in [0.3, 0.4) is 0 Å². The van der Waals surface area contributed by atoms with Crippen LogP contribution in [0, 0.1) is 0 Å². The van der Waals surface area contributed by atoms with Crippen LogP contribution in [0.5, 0.6) is 0 Å². The molecule has 1 N–H and O–H groups in total. The zero-order chi connectivity index (χ0) is 10.8. The molecule has 0 fully saturated rings. The van der Waals surface area contributed by atoms with E-state index in [2.05, 4.69) is 18.5 Å². The highest BCUT2D eigenvalue weighted by Crippen LogP contribution is 2.02. The molecule has 1 unspecified atom stereocenters. The fourth-order valence-corrected chi connectivity index (χ4v) is 1.37. The first-order chi connectivity index (χ1) is 6.66. The molecule has 84 valence electrons. The second kappa shape index (κ2) is 9.22. The van der Waals surface area contributed by atoms with Gasteiger partial charge in [-0.25, -0.2) is 0 Å². The molecule has 0 bridgehead atoms. The van der Waals surface area contributed by atoms with E-state index in [4.69, 9.17) is 5.11 Å². The van der Waals surface area contributed by atoms with Crippen molar-refractivity contribution < 1.29 is 5.11 Å². The van der Waals surface area contributed by atoms with Gasteiger partial charge in [-0.3, -0.25) is 0 Å². The van der Waals surface area contributed by atoms with Gasteiger partial charge in [0.25, 0.3) is 0 Å². The van der Waals surface area contributed by atoms with Crippen LogP contribution in [-0.4, -0.2) is 36.2 Å². The lowest BCUT2D eigenvalue weighted by Gasteiger charge is -2.17. The Morgan fingerprint density at radius 2 is 2.00 bits per heavy atom. The van der Waals surface area contributed by atoms with Gasteiger partial charge in [-0.05, 0) is 46.2 Å². The fraction of sp³-hybridized carbons (Fsp3) is 0.833. The van der Waals surface area contributed by atoms with Gasteiger partial charge in [0.2, 0.25) is 0 Å². The molecule has 0 spiro atoms. The van der Waals surface area contributed by atoms with Crippen molar-refractivity contribution >= 4 is 0 Å². The summed E-state index contributed by atoms with van der Waals surface area (Å²) in [4.78, 5) is 2.29.